The predicted molar refractivity (Wildman–Crippen MR) is 50.2 cm³/mol. The van der Waals surface area contributed by atoms with Crippen molar-refractivity contribution in [3.05, 3.63) is 0 Å². The molecule has 0 aromatic carbocycles. The van der Waals surface area contributed by atoms with Gasteiger partial charge >= 0.3 is 0 Å². The van der Waals surface area contributed by atoms with E-state index in [9.17, 15) is 9.90 Å². The van der Waals surface area contributed by atoms with Crippen LogP contribution in [0.1, 0.15) is 39.5 Å². The molecule has 2 heteroatoms. The third-order valence-electron chi connectivity index (χ3n) is 4.22. The van der Waals surface area contributed by atoms with Crippen LogP contribution in [-0.2, 0) is 4.79 Å². The molecule has 0 saturated heterocycles. The number of fused-ring (bicyclic) bond motifs is 1. The largest absolute Gasteiger partial charge is 0.393 e. The smallest absolute Gasteiger partial charge is 0.126 e. The normalized spacial score (nSPS) is 47.6. The van der Waals surface area contributed by atoms with Crippen LogP contribution in [0.5, 0.6) is 0 Å². The van der Waals surface area contributed by atoms with Gasteiger partial charge in [-0.05, 0) is 31.1 Å². The fraction of sp³-hybridized carbons (Fsp3) is 0.909. The third-order valence-corrected chi connectivity index (χ3v) is 4.22. The second-order valence-electron chi connectivity index (χ2n) is 5.42. The molecular formula is C11H18O2. The molecule has 2 aliphatic carbocycles. The standard InChI is InChI=1S/C11H18O2/c1-10(2)5-6-11(7-12)4-3-8(13)9(10)11/h7-9,13H,3-6H2,1-2H3/t8-,9-,11+/m0/s1. The van der Waals surface area contributed by atoms with Gasteiger partial charge in [0.2, 0.25) is 0 Å². The van der Waals surface area contributed by atoms with Crippen molar-refractivity contribution in [2.75, 3.05) is 0 Å². The Hall–Kier alpha value is -0.370. The Labute approximate surface area is 79.3 Å². The Morgan fingerprint density at radius 1 is 1.31 bits per heavy atom. The molecule has 0 aromatic rings. The van der Waals surface area contributed by atoms with Gasteiger partial charge in [0.1, 0.15) is 6.29 Å². The van der Waals surface area contributed by atoms with Gasteiger partial charge in [-0.2, -0.15) is 0 Å². The summed E-state index contributed by atoms with van der Waals surface area (Å²) in [4.78, 5) is 11.1. The van der Waals surface area contributed by atoms with E-state index < -0.39 is 0 Å². The highest BCUT2D eigenvalue weighted by Gasteiger charge is 2.58. The highest BCUT2D eigenvalue weighted by atomic mass is 16.3. The molecule has 0 aliphatic heterocycles. The van der Waals surface area contributed by atoms with E-state index in [2.05, 4.69) is 13.8 Å². The molecule has 2 rings (SSSR count). The van der Waals surface area contributed by atoms with Gasteiger partial charge in [-0.3, -0.25) is 0 Å². The van der Waals surface area contributed by atoms with E-state index in [0.29, 0.717) is 0 Å². The minimum atomic E-state index is -0.248. The fourth-order valence-corrected chi connectivity index (χ4v) is 3.60. The molecule has 0 heterocycles. The SMILES string of the molecule is CC1(C)CC[C@@]2(C=O)CC[C@H](O)[C@@H]12. The summed E-state index contributed by atoms with van der Waals surface area (Å²) >= 11 is 0. The van der Waals surface area contributed by atoms with Crippen LogP contribution in [-0.4, -0.2) is 17.5 Å². The zero-order chi connectivity index (χ0) is 9.69. The second kappa shape index (κ2) is 2.57. The molecule has 74 valence electrons. The van der Waals surface area contributed by atoms with Crippen molar-refractivity contribution in [3.63, 3.8) is 0 Å². The summed E-state index contributed by atoms with van der Waals surface area (Å²) in [5, 5.41) is 9.87. The summed E-state index contributed by atoms with van der Waals surface area (Å²) < 4.78 is 0. The summed E-state index contributed by atoms with van der Waals surface area (Å²) in [5.74, 6) is 0.206. The Balaban J connectivity index is 2.36. The summed E-state index contributed by atoms with van der Waals surface area (Å²) in [6.45, 7) is 4.36. The van der Waals surface area contributed by atoms with Crippen molar-refractivity contribution in [2.24, 2.45) is 16.7 Å². The average molecular weight is 182 g/mol. The molecule has 2 nitrogen and oxygen atoms in total. The van der Waals surface area contributed by atoms with Gasteiger partial charge in [0, 0.05) is 11.3 Å². The molecule has 3 atom stereocenters. The average Bonchev–Trinajstić information content (AvgIpc) is 2.53. The lowest BCUT2D eigenvalue weighted by Gasteiger charge is -2.32. The molecule has 2 aliphatic rings. The molecular weight excluding hydrogens is 164 g/mol. The van der Waals surface area contributed by atoms with Crippen LogP contribution >= 0.6 is 0 Å². The Kier molecular flexibility index (Phi) is 1.82. The number of carbonyl (C=O) groups excluding carboxylic acids is 1. The Morgan fingerprint density at radius 3 is 2.54 bits per heavy atom. The number of aliphatic hydroxyl groups is 1. The first kappa shape index (κ1) is 9.20. The summed E-state index contributed by atoms with van der Waals surface area (Å²) in [5.41, 5.74) is -0.0280. The summed E-state index contributed by atoms with van der Waals surface area (Å²) in [7, 11) is 0. The highest BCUT2D eigenvalue weighted by Crippen LogP contribution is 2.60. The van der Waals surface area contributed by atoms with E-state index in [1.807, 2.05) is 0 Å². The van der Waals surface area contributed by atoms with Crippen molar-refractivity contribution >= 4 is 6.29 Å². The lowest BCUT2D eigenvalue weighted by Crippen LogP contribution is -2.34. The van der Waals surface area contributed by atoms with Crippen molar-refractivity contribution in [1.82, 2.24) is 0 Å². The molecule has 0 bridgehead atoms. The van der Waals surface area contributed by atoms with E-state index in [1.165, 1.54) is 0 Å². The zero-order valence-electron chi connectivity index (χ0n) is 8.42. The van der Waals surface area contributed by atoms with Gasteiger partial charge in [0.15, 0.2) is 0 Å². The minimum absolute atomic E-state index is 0.150. The van der Waals surface area contributed by atoms with Gasteiger partial charge in [-0.1, -0.05) is 13.8 Å². The lowest BCUT2D eigenvalue weighted by molar-refractivity contribution is -0.119. The second-order valence-corrected chi connectivity index (χ2v) is 5.42. The molecule has 0 spiro atoms. The molecule has 2 saturated carbocycles. The van der Waals surface area contributed by atoms with E-state index in [0.717, 1.165) is 32.0 Å². The highest BCUT2D eigenvalue weighted by molar-refractivity contribution is 5.62. The molecule has 1 N–H and O–H groups in total. The van der Waals surface area contributed by atoms with E-state index in [-0.39, 0.29) is 22.9 Å². The Bertz CT molecular complexity index is 234. The van der Waals surface area contributed by atoms with Crippen molar-refractivity contribution < 1.29 is 9.90 Å². The maximum absolute atomic E-state index is 11.1. The topological polar surface area (TPSA) is 37.3 Å². The predicted octanol–water partition coefficient (Wildman–Crippen LogP) is 1.76. The maximum atomic E-state index is 11.1. The number of carbonyl (C=O) groups is 1. The molecule has 0 radical (unpaired) electrons. The number of aldehydes is 1. The van der Waals surface area contributed by atoms with Crippen LogP contribution in [0.4, 0.5) is 0 Å². The first-order valence-electron chi connectivity index (χ1n) is 5.16. The van der Waals surface area contributed by atoms with Gasteiger partial charge in [0.05, 0.1) is 6.10 Å². The van der Waals surface area contributed by atoms with Crippen LogP contribution in [0.15, 0.2) is 0 Å². The quantitative estimate of drug-likeness (QED) is 0.627. The molecule has 0 amide bonds. The number of hydrogen-bond acceptors (Lipinski definition) is 2. The van der Waals surface area contributed by atoms with Crippen molar-refractivity contribution in [2.45, 2.75) is 45.6 Å². The van der Waals surface area contributed by atoms with E-state index in [4.69, 9.17) is 0 Å². The van der Waals surface area contributed by atoms with E-state index >= 15 is 0 Å². The van der Waals surface area contributed by atoms with Gasteiger partial charge < -0.3 is 9.90 Å². The van der Waals surface area contributed by atoms with E-state index in [1.54, 1.807) is 0 Å². The summed E-state index contributed by atoms with van der Waals surface area (Å²) in [6, 6.07) is 0. The van der Waals surface area contributed by atoms with Crippen LogP contribution in [0.2, 0.25) is 0 Å². The first-order chi connectivity index (χ1) is 6.02. The van der Waals surface area contributed by atoms with Gasteiger partial charge in [0.25, 0.3) is 0 Å². The minimum Gasteiger partial charge on any atom is -0.393 e. The molecule has 0 aromatic heterocycles. The molecule has 13 heavy (non-hydrogen) atoms. The van der Waals surface area contributed by atoms with Gasteiger partial charge in [-0.15, -0.1) is 0 Å². The molecule has 2 fully saturated rings. The lowest BCUT2D eigenvalue weighted by atomic mass is 9.72. The van der Waals surface area contributed by atoms with Gasteiger partial charge in [-0.25, -0.2) is 0 Å². The van der Waals surface area contributed by atoms with Crippen LogP contribution in [0, 0.1) is 16.7 Å². The first-order valence-corrected chi connectivity index (χ1v) is 5.16. The third kappa shape index (κ3) is 1.08. The molecule has 0 unspecified atom stereocenters. The van der Waals surface area contributed by atoms with Crippen molar-refractivity contribution in [3.8, 4) is 0 Å². The number of hydrogen-bond donors (Lipinski definition) is 1. The van der Waals surface area contributed by atoms with Crippen molar-refractivity contribution in [1.29, 1.82) is 0 Å². The fourth-order valence-electron chi connectivity index (χ4n) is 3.60. The van der Waals surface area contributed by atoms with Crippen LogP contribution in [0.25, 0.3) is 0 Å². The van der Waals surface area contributed by atoms with Crippen LogP contribution in [0.3, 0.4) is 0 Å². The maximum Gasteiger partial charge on any atom is 0.126 e. The monoisotopic (exact) mass is 182 g/mol. The van der Waals surface area contributed by atoms with Crippen LogP contribution < -0.4 is 0 Å². The zero-order valence-corrected chi connectivity index (χ0v) is 8.42. The number of aliphatic hydroxyl groups excluding tert-OH is 1. The Morgan fingerprint density at radius 2 is 2.00 bits per heavy atom. The number of rotatable bonds is 1. The summed E-state index contributed by atoms with van der Waals surface area (Å²) in [6.07, 6.45) is 4.63.